The molecule has 2 rings (SSSR count). The Kier molecular flexibility index (Phi) is 7.09. The fraction of sp³-hybridized carbons (Fsp3) is 0.263. The van der Waals surface area contributed by atoms with Gasteiger partial charge in [-0.25, -0.2) is 13.6 Å². The van der Waals surface area contributed by atoms with Crippen LogP contribution in [0.3, 0.4) is 0 Å². The summed E-state index contributed by atoms with van der Waals surface area (Å²) in [6.07, 6.45) is 0.537. The molecule has 2 amide bonds. The van der Waals surface area contributed by atoms with Gasteiger partial charge in [0, 0.05) is 20.0 Å². The third-order valence-electron chi connectivity index (χ3n) is 3.98. The smallest absolute Gasteiger partial charge is 0.239 e. The Morgan fingerprint density at radius 2 is 1.63 bits per heavy atom. The number of carbonyl (C=O) groups excluding carboxylic acids is 2. The molecule has 27 heavy (non-hydrogen) atoms. The van der Waals surface area contributed by atoms with Crippen LogP contribution in [0.5, 0.6) is 0 Å². The molecule has 0 aliphatic rings. The number of benzene rings is 2. The standard InChI is InChI=1S/C19H23N3O4S/c1-15(23)22(13-17-5-3-2-4-6-17)14-19(24)21-12-11-16-7-9-18(10-8-16)27(20,25)26/h2-10H,11-14H2,1H3,(H,21,24)(H2,20,25,26). The highest BCUT2D eigenvalue weighted by Crippen LogP contribution is 2.09. The molecule has 0 aromatic heterocycles. The summed E-state index contributed by atoms with van der Waals surface area (Å²) in [6, 6.07) is 15.6. The number of sulfonamides is 1. The third kappa shape index (κ3) is 6.84. The summed E-state index contributed by atoms with van der Waals surface area (Å²) >= 11 is 0. The molecular formula is C19H23N3O4S. The topological polar surface area (TPSA) is 110 Å². The number of carbonyl (C=O) groups is 2. The average Bonchev–Trinajstić information content (AvgIpc) is 2.61. The van der Waals surface area contributed by atoms with Crippen molar-refractivity contribution >= 4 is 21.8 Å². The molecule has 0 heterocycles. The minimum atomic E-state index is -3.71. The summed E-state index contributed by atoms with van der Waals surface area (Å²) in [6.45, 7) is 2.17. The number of rotatable bonds is 8. The fourth-order valence-electron chi connectivity index (χ4n) is 2.50. The Balaban J connectivity index is 1.83. The van der Waals surface area contributed by atoms with Gasteiger partial charge >= 0.3 is 0 Å². The second-order valence-corrected chi connectivity index (χ2v) is 7.71. The maximum atomic E-state index is 12.1. The van der Waals surface area contributed by atoms with E-state index in [1.54, 1.807) is 12.1 Å². The maximum absolute atomic E-state index is 12.1. The molecule has 2 aromatic carbocycles. The summed E-state index contributed by atoms with van der Waals surface area (Å²) in [4.78, 5) is 25.4. The van der Waals surface area contributed by atoms with Gasteiger partial charge in [-0.2, -0.15) is 0 Å². The molecule has 0 atom stereocenters. The van der Waals surface area contributed by atoms with Crippen LogP contribution in [-0.4, -0.2) is 38.2 Å². The fourth-order valence-corrected chi connectivity index (χ4v) is 3.02. The Morgan fingerprint density at radius 1 is 1.00 bits per heavy atom. The van der Waals surface area contributed by atoms with Crippen LogP contribution in [0, 0.1) is 0 Å². The molecule has 2 aromatic rings. The predicted molar refractivity (Wildman–Crippen MR) is 102 cm³/mol. The van der Waals surface area contributed by atoms with Gasteiger partial charge in [-0.1, -0.05) is 42.5 Å². The van der Waals surface area contributed by atoms with Gasteiger partial charge in [-0.3, -0.25) is 9.59 Å². The van der Waals surface area contributed by atoms with E-state index in [0.717, 1.165) is 11.1 Å². The monoisotopic (exact) mass is 389 g/mol. The van der Waals surface area contributed by atoms with Crippen LogP contribution in [0.2, 0.25) is 0 Å². The first kappa shape index (κ1) is 20.6. The first-order valence-electron chi connectivity index (χ1n) is 8.43. The summed E-state index contributed by atoms with van der Waals surface area (Å²) in [5.41, 5.74) is 1.82. The Hall–Kier alpha value is -2.71. The van der Waals surface area contributed by atoms with Crippen LogP contribution in [-0.2, 0) is 32.6 Å². The van der Waals surface area contributed by atoms with Gasteiger partial charge in [0.05, 0.1) is 11.4 Å². The summed E-state index contributed by atoms with van der Waals surface area (Å²) in [5.74, 6) is -0.421. The number of primary sulfonamides is 1. The first-order valence-corrected chi connectivity index (χ1v) is 9.98. The molecule has 8 heteroatoms. The second-order valence-electron chi connectivity index (χ2n) is 6.15. The van der Waals surface area contributed by atoms with Gasteiger partial charge in [0.15, 0.2) is 0 Å². The van der Waals surface area contributed by atoms with E-state index in [2.05, 4.69) is 5.32 Å². The van der Waals surface area contributed by atoms with E-state index in [-0.39, 0.29) is 23.3 Å². The van der Waals surface area contributed by atoms with E-state index in [9.17, 15) is 18.0 Å². The Morgan fingerprint density at radius 3 is 2.19 bits per heavy atom. The zero-order valence-electron chi connectivity index (χ0n) is 15.1. The van der Waals surface area contributed by atoms with Crippen molar-refractivity contribution in [2.75, 3.05) is 13.1 Å². The van der Waals surface area contributed by atoms with Crippen molar-refractivity contribution in [2.45, 2.75) is 24.8 Å². The van der Waals surface area contributed by atoms with E-state index in [4.69, 9.17) is 5.14 Å². The highest BCUT2D eigenvalue weighted by atomic mass is 32.2. The lowest BCUT2D eigenvalue weighted by Gasteiger charge is -2.20. The van der Waals surface area contributed by atoms with E-state index >= 15 is 0 Å². The van der Waals surface area contributed by atoms with Crippen molar-refractivity contribution in [1.29, 1.82) is 0 Å². The quantitative estimate of drug-likeness (QED) is 0.703. The Bertz CT molecular complexity index is 881. The molecule has 3 N–H and O–H groups in total. The van der Waals surface area contributed by atoms with Crippen LogP contribution < -0.4 is 10.5 Å². The van der Waals surface area contributed by atoms with Gasteiger partial charge in [-0.05, 0) is 29.7 Å². The highest BCUT2D eigenvalue weighted by molar-refractivity contribution is 7.89. The first-order chi connectivity index (χ1) is 12.8. The zero-order chi connectivity index (χ0) is 19.9. The maximum Gasteiger partial charge on any atom is 0.239 e. The largest absolute Gasteiger partial charge is 0.354 e. The average molecular weight is 389 g/mol. The van der Waals surface area contributed by atoms with Crippen LogP contribution in [0.25, 0.3) is 0 Å². The minimum Gasteiger partial charge on any atom is -0.354 e. The van der Waals surface area contributed by atoms with Crippen LogP contribution in [0.1, 0.15) is 18.1 Å². The molecule has 0 saturated carbocycles. The van der Waals surface area contributed by atoms with E-state index in [1.807, 2.05) is 30.3 Å². The molecular weight excluding hydrogens is 366 g/mol. The highest BCUT2D eigenvalue weighted by Gasteiger charge is 2.14. The molecule has 0 bridgehead atoms. The molecule has 0 aliphatic heterocycles. The zero-order valence-corrected chi connectivity index (χ0v) is 15.9. The molecule has 0 fully saturated rings. The lowest BCUT2D eigenvalue weighted by atomic mass is 10.1. The number of nitrogens with two attached hydrogens (primary N) is 1. The molecule has 0 saturated heterocycles. The second kappa shape index (κ2) is 9.29. The van der Waals surface area contributed by atoms with Gasteiger partial charge < -0.3 is 10.2 Å². The summed E-state index contributed by atoms with van der Waals surface area (Å²) in [5, 5.41) is 7.83. The predicted octanol–water partition coefficient (Wildman–Crippen LogP) is 1.04. The van der Waals surface area contributed by atoms with E-state index in [1.165, 1.54) is 24.0 Å². The van der Waals surface area contributed by atoms with Gasteiger partial charge in [0.1, 0.15) is 0 Å². The molecule has 0 unspecified atom stereocenters. The normalized spacial score (nSPS) is 11.0. The lowest BCUT2D eigenvalue weighted by molar-refractivity contribution is -0.134. The van der Waals surface area contributed by atoms with Gasteiger partial charge in [0.25, 0.3) is 0 Å². The number of nitrogens with one attached hydrogen (secondary N) is 1. The van der Waals surface area contributed by atoms with E-state index < -0.39 is 10.0 Å². The lowest BCUT2D eigenvalue weighted by Crippen LogP contribution is -2.39. The van der Waals surface area contributed by atoms with Crippen molar-refractivity contribution in [2.24, 2.45) is 5.14 Å². The van der Waals surface area contributed by atoms with Crippen molar-refractivity contribution in [3.63, 3.8) is 0 Å². The summed E-state index contributed by atoms with van der Waals surface area (Å²) in [7, 11) is -3.71. The SMILES string of the molecule is CC(=O)N(CC(=O)NCCc1ccc(S(N)(=O)=O)cc1)Cc1ccccc1. The molecule has 0 spiro atoms. The van der Waals surface area contributed by atoms with Crippen molar-refractivity contribution < 1.29 is 18.0 Å². The van der Waals surface area contributed by atoms with Crippen LogP contribution in [0.15, 0.2) is 59.5 Å². The summed E-state index contributed by atoms with van der Waals surface area (Å²) < 4.78 is 22.4. The van der Waals surface area contributed by atoms with Crippen LogP contribution >= 0.6 is 0 Å². The van der Waals surface area contributed by atoms with Gasteiger partial charge in [-0.15, -0.1) is 0 Å². The number of hydrogen-bond acceptors (Lipinski definition) is 4. The van der Waals surface area contributed by atoms with Crippen molar-refractivity contribution in [3.05, 3.63) is 65.7 Å². The van der Waals surface area contributed by atoms with E-state index in [0.29, 0.717) is 19.5 Å². The van der Waals surface area contributed by atoms with Crippen molar-refractivity contribution in [3.8, 4) is 0 Å². The molecule has 144 valence electrons. The third-order valence-corrected chi connectivity index (χ3v) is 4.91. The molecule has 0 aliphatic carbocycles. The van der Waals surface area contributed by atoms with Gasteiger partial charge in [0.2, 0.25) is 21.8 Å². The van der Waals surface area contributed by atoms with Crippen molar-refractivity contribution in [1.82, 2.24) is 10.2 Å². The number of nitrogens with zero attached hydrogens (tertiary/aromatic N) is 1. The Labute approximate surface area is 159 Å². The number of hydrogen-bond donors (Lipinski definition) is 2. The minimum absolute atomic E-state index is 0.0193. The molecule has 0 radical (unpaired) electrons. The number of amides is 2. The molecule has 7 nitrogen and oxygen atoms in total. The van der Waals surface area contributed by atoms with Crippen LogP contribution in [0.4, 0.5) is 0 Å².